The second-order valence-electron chi connectivity index (χ2n) is 4.88. The largest absolute Gasteiger partial charge is 0.462 e. The topological polar surface area (TPSA) is 105 Å². The van der Waals surface area contributed by atoms with Crippen LogP contribution < -0.4 is 15.6 Å². The zero-order valence-corrected chi connectivity index (χ0v) is 12.7. The molecule has 0 bridgehead atoms. The third-order valence-electron chi connectivity index (χ3n) is 2.97. The van der Waals surface area contributed by atoms with E-state index >= 15 is 0 Å². The predicted octanol–water partition coefficient (Wildman–Crippen LogP) is 0.851. The Kier molecular flexibility index (Phi) is 5.67. The zero-order chi connectivity index (χ0) is 16.7. The Hall–Kier alpha value is -2.90. The van der Waals surface area contributed by atoms with Crippen LogP contribution in [-0.4, -0.2) is 23.8 Å². The Balaban J connectivity index is 1.87. The molecular formula is C15H18N3O5+. The number of ether oxygens (including phenoxy) is 1. The third kappa shape index (κ3) is 5.10. The van der Waals surface area contributed by atoms with Crippen molar-refractivity contribution in [1.82, 2.24) is 5.27 Å². The number of nitrogens with one attached hydrogen (secondary N) is 2. The summed E-state index contributed by atoms with van der Waals surface area (Å²) in [6.07, 6.45) is 2.92. The summed E-state index contributed by atoms with van der Waals surface area (Å²) >= 11 is 0. The lowest BCUT2D eigenvalue weighted by Gasteiger charge is -2.05. The Bertz CT molecular complexity index is 717. The predicted molar refractivity (Wildman–Crippen MR) is 79.8 cm³/mol. The minimum Gasteiger partial charge on any atom is -0.462 e. The number of benzene rings is 1. The number of anilines is 1. The Morgan fingerprint density at radius 2 is 2.04 bits per heavy atom. The van der Waals surface area contributed by atoms with Crippen molar-refractivity contribution in [2.45, 2.75) is 26.3 Å². The van der Waals surface area contributed by atoms with E-state index in [9.17, 15) is 14.4 Å². The molecule has 122 valence electrons. The average Bonchev–Trinajstić information content (AvgIpc) is 2.93. The van der Waals surface area contributed by atoms with Gasteiger partial charge in [0.25, 0.3) is 18.6 Å². The number of amides is 1. The highest BCUT2D eigenvalue weighted by Crippen LogP contribution is 2.10. The SMILES string of the molecule is CCCCOC(=O)c1ccc(NC(=O)C[n+]2cc(=O)o[nH]2)cc1. The van der Waals surface area contributed by atoms with E-state index in [0.29, 0.717) is 17.9 Å². The standard InChI is InChI=1S/C15H17N3O5/c1-2-3-8-22-15(21)11-4-6-12(7-5-11)16-13(19)9-18-10-14(20)23-17-18/h4-7,10H,2-3,8-9H2,1H3,(H-,16,17,19,20,21)/p+1. The Morgan fingerprint density at radius 1 is 1.30 bits per heavy atom. The fraction of sp³-hybridized carbons (Fsp3) is 0.333. The van der Waals surface area contributed by atoms with Gasteiger partial charge in [-0.3, -0.25) is 9.32 Å². The highest BCUT2D eigenvalue weighted by Gasteiger charge is 2.13. The molecule has 1 aromatic heterocycles. The Labute approximate surface area is 132 Å². The molecule has 0 saturated carbocycles. The van der Waals surface area contributed by atoms with Gasteiger partial charge in [0.05, 0.1) is 12.2 Å². The van der Waals surface area contributed by atoms with Gasteiger partial charge in [0.2, 0.25) is 0 Å². The lowest BCUT2D eigenvalue weighted by molar-refractivity contribution is -0.750. The maximum absolute atomic E-state index is 11.8. The first-order valence-electron chi connectivity index (χ1n) is 7.23. The first-order valence-corrected chi connectivity index (χ1v) is 7.23. The summed E-state index contributed by atoms with van der Waals surface area (Å²) in [6, 6.07) is 6.38. The van der Waals surface area contributed by atoms with Crippen molar-refractivity contribution in [3.8, 4) is 0 Å². The van der Waals surface area contributed by atoms with Crippen LogP contribution in [0.4, 0.5) is 5.69 Å². The average molecular weight is 320 g/mol. The fourth-order valence-corrected chi connectivity index (χ4v) is 1.80. The van der Waals surface area contributed by atoms with Gasteiger partial charge in [-0.25, -0.2) is 9.59 Å². The number of H-pyrrole nitrogens is 1. The van der Waals surface area contributed by atoms with Gasteiger partial charge >= 0.3 is 11.6 Å². The third-order valence-corrected chi connectivity index (χ3v) is 2.97. The smallest absolute Gasteiger partial charge is 0.426 e. The van der Waals surface area contributed by atoms with E-state index in [1.54, 1.807) is 24.3 Å². The number of carbonyl (C=O) groups is 2. The molecule has 0 unspecified atom stereocenters. The van der Waals surface area contributed by atoms with E-state index in [1.165, 1.54) is 4.68 Å². The Morgan fingerprint density at radius 3 is 2.65 bits per heavy atom. The van der Waals surface area contributed by atoms with E-state index in [4.69, 9.17) is 4.74 Å². The molecule has 0 atom stereocenters. The van der Waals surface area contributed by atoms with Gasteiger partial charge < -0.3 is 10.1 Å². The summed E-state index contributed by atoms with van der Waals surface area (Å²) in [5.41, 5.74) is 0.392. The van der Waals surface area contributed by atoms with Crippen molar-refractivity contribution in [3.05, 3.63) is 46.4 Å². The minimum absolute atomic E-state index is 0.0907. The van der Waals surface area contributed by atoms with Crippen LogP contribution in [0.25, 0.3) is 0 Å². The van der Waals surface area contributed by atoms with Gasteiger partial charge in [-0.15, -0.1) is 0 Å². The molecule has 8 nitrogen and oxygen atoms in total. The lowest BCUT2D eigenvalue weighted by Crippen LogP contribution is -2.41. The second-order valence-corrected chi connectivity index (χ2v) is 4.88. The highest BCUT2D eigenvalue weighted by atomic mass is 16.5. The van der Waals surface area contributed by atoms with Crippen molar-refractivity contribution in [2.75, 3.05) is 11.9 Å². The van der Waals surface area contributed by atoms with Crippen molar-refractivity contribution in [3.63, 3.8) is 0 Å². The lowest BCUT2D eigenvalue weighted by atomic mass is 10.2. The molecule has 8 heteroatoms. The van der Waals surface area contributed by atoms with Crippen LogP contribution in [0.2, 0.25) is 0 Å². The number of unbranched alkanes of at least 4 members (excludes halogenated alkanes) is 1. The highest BCUT2D eigenvalue weighted by molar-refractivity contribution is 5.92. The molecule has 0 saturated heterocycles. The van der Waals surface area contributed by atoms with Gasteiger partial charge in [-0.05, 0) is 36.0 Å². The number of hydrogen-bond acceptors (Lipinski definition) is 5. The van der Waals surface area contributed by atoms with E-state index in [2.05, 4.69) is 15.1 Å². The monoisotopic (exact) mass is 320 g/mol. The van der Waals surface area contributed by atoms with Gasteiger partial charge in [0.1, 0.15) is 0 Å². The number of rotatable bonds is 7. The number of aromatic nitrogens is 2. The maximum atomic E-state index is 11.8. The van der Waals surface area contributed by atoms with E-state index in [0.717, 1.165) is 19.0 Å². The first-order chi connectivity index (χ1) is 11.1. The molecule has 0 aliphatic heterocycles. The minimum atomic E-state index is -0.566. The molecule has 1 heterocycles. The van der Waals surface area contributed by atoms with Crippen molar-refractivity contribution < 1.29 is 23.5 Å². The number of esters is 1. The van der Waals surface area contributed by atoms with Crippen molar-refractivity contribution >= 4 is 17.6 Å². The fourth-order valence-electron chi connectivity index (χ4n) is 1.80. The molecule has 0 radical (unpaired) electrons. The molecule has 1 amide bonds. The molecular weight excluding hydrogens is 302 g/mol. The molecule has 0 spiro atoms. The summed E-state index contributed by atoms with van der Waals surface area (Å²) in [7, 11) is 0. The molecule has 2 N–H and O–H groups in total. The number of hydrogen-bond donors (Lipinski definition) is 2. The second kappa shape index (κ2) is 7.92. The van der Waals surface area contributed by atoms with E-state index in [1.807, 2.05) is 6.92 Å². The number of nitrogens with zero attached hydrogens (tertiary/aromatic N) is 1. The molecule has 0 aliphatic carbocycles. The molecule has 2 rings (SSSR count). The van der Waals surface area contributed by atoms with E-state index in [-0.39, 0.29) is 18.4 Å². The van der Waals surface area contributed by atoms with Crippen LogP contribution in [0.15, 0.2) is 39.8 Å². The maximum Gasteiger partial charge on any atom is 0.426 e. The number of aromatic amines is 1. The van der Waals surface area contributed by atoms with Gasteiger partial charge in [0.15, 0.2) is 0 Å². The summed E-state index contributed by atoms with van der Waals surface area (Å²) in [5.74, 6) is -0.729. The van der Waals surface area contributed by atoms with Crippen molar-refractivity contribution in [2.24, 2.45) is 0 Å². The molecule has 2 aromatic rings. The quantitative estimate of drug-likeness (QED) is 0.447. The zero-order valence-electron chi connectivity index (χ0n) is 12.7. The normalized spacial score (nSPS) is 10.3. The summed E-state index contributed by atoms with van der Waals surface area (Å²) in [4.78, 5) is 34.4. The van der Waals surface area contributed by atoms with Crippen LogP contribution in [0.1, 0.15) is 30.1 Å². The summed E-state index contributed by atoms with van der Waals surface area (Å²) in [5, 5.41) is 4.92. The van der Waals surface area contributed by atoms with Crippen LogP contribution in [0.5, 0.6) is 0 Å². The van der Waals surface area contributed by atoms with E-state index < -0.39 is 5.63 Å². The van der Waals surface area contributed by atoms with Gasteiger partial charge in [-0.1, -0.05) is 18.0 Å². The van der Waals surface area contributed by atoms with Crippen LogP contribution in [0, 0.1) is 0 Å². The molecule has 23 heavy (non-hydrogen) atoms. The molecule has 0 aliphatic rings. The summed E-state index contributed by atoms with van der Waals surface area (Å²) in [6.45, 7) is 2.32. The van der Waals surface area contributed by atoms with Gasteiger partial charge in [0, 0.05) is 5.69 Å². The molecule has 0 fully saturated rings. The van der Waals surface area contributed by atoms with Crippen molar-refractivity contribution in [1.29, 1.82) is 0 Å². The molecule has 1 aromatic carbocycles. The van der Waals surface area contributed by atoms with Crippen LogP contribution in [0.3, 0.4) is 0 Å². The van der Waals surface area contributed by atoms with Crippen LogP contribution >= 0.6 is 0 Å². The van der Waals surface area contributed by atoms with Gasteiger partial charge in [-0.2, -0.15) is 0 Å². The summed E-state index contributed by atoms with van der Waals surface area (Å²) < 4.78 is 10.8. The van der Waals surface area contributed by atoms with Crippen LogP contribution in [-0.2, 0) is 16.1 Å². The number of carbonyl (C=O) groups excluding carboxylic acids is 2. The first kappa shape index (κ1) is 16.5.